The Hall–Kier alpha value is -2.54. The highest BCUT2D eigenvalue weighted by Gasteiger charge is 2.24. The standard InChI is InChI=1S/C28H32ClN3O2S/c29-25-19-22(8-9-26(25)34-24-12-16-32(17-13-24)27-7-4-18-35-27)28(33)30-23-10-14-31(15-11-23)20-21-5-2-1-3-6-21/h1-9,18-19,23-24H,10-17,20H2,(H,30,33). The number of piperidine rings is 2. The molecule has 184 valence electrons. The van der Waals surface area contributed by atoms with Gasteiger partial charge < -0.3 is 15.0 Å². The monoisotopic (exact) mass is 509 g/mol. The molecule has 0 aliphatic carbocycles. The minimum absolute atomic E-state index is 0.0655. The average Bonchev–Trinajstić information content (AvgIpc) is 3.43. The first-order valence-electron chi connectivity index (χ1n) is 12.5. The van der Waals surface area contributed by atoms with E-state index in [9.17, 15) is 4.79 Å². The van der Waals surface area contributed by atoms with Gasteiger partial charge in [-0.3, -0.25) is 9.69 Å². The molecule has 0 unspecified atom stereocenters. The summed E-state index contributed by atoms with van der Waals surface area (Å²) in [6, 6.07) is 20.4. The highest BCUT2D eigenvalue weighted by atomic mass is 35.5. The van der Waals surface area contributed by atoms with Crippen molar-refractivity contribution in [3.63, 3.8) is 0 Å². The lowest BCUT2D eigenvalue weighted by Crippen LogP contribution is -2.44. The minimum atomic E-state index is -0.0655. The summed E-state index contributed by atoms with van der Waals surface area (Å²) in [6.45, 7) is 4.89. The first-order chi connectivity index (χ1) is 17.1. The van der Waals surface area contributed by atoms with Crippen LogP contribution in [-0.4, -0.2) is 49.1 Å². The Morgan fingerprint density at radius 1 is 0.971 bits per heavy atom. The fraction of sp³-hybridized carbons (Fsp3) is 0.393. The second kappa shape index (κ2) is 11.5. The van der Waals surface area contributed by atoms with Gasteiger partial charge in [0.25, 0.3) is 5.91 Å². The number of nitrogens with zero attached hydrogens (tertiary/aromatic N) is 2. The van der Waals surface area contributed by atoms with Gasteiger partial charge in [0.2, 0.25) is 0 Å². The lowest BCUT2D eigenvalue weighted by molar-refractivity contribution is 0.0909. The van der Waals surface area contributed by atoms with Crippen LogP contribution in [0.2, 0.25) is 5.02 Å². The van der Waals surface area contributed by atoms with Crippen molar-refractivity contribution < 1.29 is 9.53 Å². The second-order valence-electron chi connectivity index (χ2n) is 9.41. The Balaban J connectivity index is 1.08. The molecule has 0 atom stereocenters. The first kappa shape index (κ1) is 24.2. The summed E-state index contributed by atoms with van der Waals surface area (Å²) in [5.74, 6) is 0.594. The molecule has 2 aliphatic rings. The molecule has 2 saturated heterocycles. The van der Waals surface area contributed by atoms with Crippen LogP contribution in [0.15, 0.2) is 66.0 Å². The zero-order valence-corrected chi connectivity index (χ0v) is 21.4. The summed E-state index contributed by atoms with van der Waals surface area (Å²) >= 11 is 8.30. The lowest BCUT2D eigenvalue weighted by Gasteiger charge is -2.33. The molecule has 7 heteroatoms. The van der Waals surface area contributed by atoms with Crippen LogP contribution < -0.4 is 15.0 Å². The van der Waals surface area contributed by atoms with Crippen LogP contribution in [0.5, 0.6) is 5.75 Å². The smallest absolute Gasteiger partial charge is 0.251 e. The van der Waals surface area contributed by atoms with Crippen LogP contribution in [-0.2, 0) is 6.54 Å². The molecule has 5 rings (SSSR count). The van der Waals surface area contributed by atoms with Crippen LogP contribution in [0.25, 0.3) is 0 Å². The molecule has 35 heavy (non-hydrogen) atoms. The quantitative estimate of drug-likeness (QED) is 0.434. The molecule has 1 amide bonds. The summed E-state index contributed by atoms with van der Waals surface area (Å²) in [5, 5.41) is 7.13. The van der Waals surface area contributed by atoms with E-state index in [2.05, 4.69) is 56.9 Å². The van der Waals surface area contributed by atoms with Crippen molar-refractivity contribution in [1.29, 1.82) is 0 Å². The molecular weight excluding hydrogens is 478 g/mol. The number of halogens is 1. The van der Waals surface area contributed by atoms with Crippen molar-refractivity contribution in [2.45, 2.75) is 44.4 Å². The molecular formula is C28H32ClN3O2S. The summed E-state index contributed by atoms with van der Waals surface area (Å²) in [4.78, 5) is 17.7. The number of nitrogens with one attached hydrogen (secondary N) is 1. The molecule has 0 bridgehead atoms. The zero-order chi connectivity index (χ0) is 24.0. The van der Waals surface area contributed by atoms with Gasteiger partial charge in [-0.2, -0.15) is 0 Å². The number of ether oxygens (including phenoxy) is 1. The number of amides is 1. The number of carbonyl (C=O) groups excluding carboxylic acids is 1. The van der Waals surface area contributed by atoms with E-state index in [-0.39, 0.29) is 18.1 Å². The van der Waals surface area contributed by atoms with Crippen LogP contribution >= 0.6 is 22.9 Å². The van der Waals surface area contributed by atoms with Crippen molar-refractivity contribution in [3.05, 3.63) is 82.2 Å². The Labute approximate surface area is 216 Å². The fourth-order valence-corrected chi connectivity index (χ4v) is 5.92. The Morgan fingerprint density at radius 3 is 2.43 bits per heavy atom. The van der Waals surface area contributed by atoms with Gasteiger partial charge in [-0.1, -0.05) is 41.9 Å². The lowest BCUT2D eigenvalue weighted by atomic mass is 10.0. The number of hydrogen-bond acceptors (Lipinski definition) is 5. The van der Waals surface area contributed by atoms with Gasteiger partial charge in [0, 0.05) is 57.2 Å². The molecule has 2 aliphatic heterocycles. The topological polar surface area (TPSA) is 44.8 Å². The van der Waals surface area contributed by atoms with Crippen molar-refractivity contribution in [1.82, 2.24) is 10.2 Å². The predicted molar refractivity (Wildman–Crippen MR) is 144 cm³/mol. The summed E-state index contributed by atoms with van der Waals surface area (Å²) in [6.07, 6.45) is 3.97. The maximum atomic E-state index is 12.9. The third kappa shape index (κ3) is 6.37. The molecule has 0 saturated carbocycles. The average molecular weight is 510 g/mol. The summed E-state index contributed by atoms with van der Waals surface area (Å²) in [5.41, 5.74) is 1.92. The van der Waals surface area contributed by atoms with E-state index in [1.165, 1.54) is 10.6 Å². The molecule has 2 fully saturated rings. The molecule has 0 radical (unpaired) electrons. The van der Waals surface area contributed by atoms with Crippen molar-refractivity contribution >= 4 is 33.8 Å². The van der Waals surface area contributed by atoms with Gasteiger partial charge in [0.15, 0.2) is 0 Å². The molecule has 2 aromatic carbocycles. The SMILES string of the molecule is O=C(NC1CCN(Cc2ccccc2)CC1)c1ccc(OC2CCN(c3cccs3)CC2)c(Cl)c1. The van der Waals surface area contributed by atoms with E-state index in [1.807, 2.05) is 18.2 Å². The Morgan fingerprint density at radius 2 is 1.74 bits per heavy atom. The first-order valence-corrected chi connectivity index (χ1v) is 13.7. The van der Waals surface area contributed by atoms with E-state index >= 15 is 0 Å². The Bertz CT molecular complexity index is 1090. The Kier molecular flexibility index (Phi) is 7.92. The fourth-order valence-electron chi connectivity index (χ4n) is 4.91. The van der Waals surface area contributed by atoms with Gasteiger partial charge in [-0.15, -0.1) is 11.3 Å². The number of thiophene rings is 1. The van der Waals surface area contributed by atoms with Crippen LogP contribution in [0.1, 0.15) is 41.6 Å². The third-order valence-corrected chi connectivity index (χ3v) is 8.14. The largest absolute Gasteiger partial charge is 0.489 e. The van der Waals surface area contributed by atoms with Crippen LogP contribution in [0.3, 0.4) is 0 Å². The van der Waals surface area contributed by atoms with Gasteiger partial charge >= 0.3 is 0 Å². The minimum Gasteiger partial charge on any atom is -0.489 e. The van der Waals surface area contributed by atoms with Crippen LogP contribution in [0, 0.1) is 0 Å². The molecule has 1 N–H and O–H groups in total. The molecule has 0 spiro atoms. The summed E-state index contributed by atoms with van der Waals surface area (Å²) in [7, 11) is 0. The highest BCUT2D eigenvalue weighted by Crippen LogP contribution is 2.30. The van der Waals surface area contributed by atoms with E-state index in [1.54, 1.807) is 17.4 Å². The van der Waals surface area contributed by atoms with E-state index in [0.717, 1.165) is 58.4 Å². The van der Waals surface area contributed by atoms with E-state index in [4.69, 9.17) is 16.3 Å². The highest BCUT2D eigenvalue weighted by molar-refractivity contribution is 7.14. The number of carbonyl (C=O) groups is 1. The molecule has 5 nitrogen and oxygen atoms in total. The number of benzene rings is 2. The number of likely N-dealkylation sites (tertiary alicyclic amines) is 1. The number of rotatable bonds is 7. The van der Waals surface area contributed by atoms with Gasteiger partial charge in [0.05, 0.1) is 10.0 Å². The normalized spacial score (nSPS) is 17.9. The second-order valence-corrected chi connectivity index (χ2v) is 10.7. The third-order valence-electron chi connectivity index (χ3n) is 6.92. The summed E-state index contributed by atoms with van der Waals surface area (Å²) < 4.78 is 6.20. The van der Waals surface area contributed by atoms with Gasteiger partial charge in [-0.05, 0) is 54.1 Å². The van der Waals surface area contributed by atoms with Crippen molar-refractivity contribution in [2.24, 2.45) is 0 Å². The maximum absolute atomic E-state index is 12.9. The maximum Gasteiger partial charge on any atom is 0.251 e. The molecule has 3 heterocycles. The molecule has 1 aromatic heterocycles. The van der Waals surface area contributed by atoms with Crippen molar-refractivity contribution in [2.75, 3.05) is 31.1 Å². The molecule has 3 aromatic rings. The van der Waals surface area contributed by atoms with Crippen LogP contribution in [0.4, 0.5) is 5.00 Å². The van der Waals surface area contributed by atoms with Crippen molar-refractivity contribution in [3.8, 4) is 5.75 Å². The number of hydrogen-bond donors (Lipinski definition) is 1. The zero-order valence-electron chi connectivity index (χ0n) is 19.9. The van der Waals surface area contributed by atoms with Gasteiger partial charge in [0.1, 0.15) is 11.9 Å². The van der Waals surface area contributed by atoms with E-state index < -0.39 is 0 Å². The van der Waals surface area contributed by atoms with E-state index in [0.29, 0.717) is 16.3 Å². The predicted octanol–water partition coefficient (Wildman–Crippen LogP) is 5.84. The van der Waals surface area contributed by atoms with Gasteiger partial charge in [-0.25, -0.2) is 0 Å². The number of anilines is 1.